The molecule has 0 saturated heterocycles. The highest BCUT2D eigenvalue weighted by Crippen LogP contribution is 2.20. The summed E-state index contributed by atoms with van der Waals surface area (Å²) in [6.07, 6.45) is 0. The Labute approximate surface area is 115 Å². The molecule has 0 aliphatic heterocycles. The number of hydrogen-bond donors (Lipinski definition) is 0. The number of hydrogen-bond acceptors (Lipinski definition) is 4. The maximum Gasteiger partial charge on any atom is 0.312 e. The highest BCUT2D eigenvalue weighted by atomic mass is 16.5. The summed E-state index contributed by atoms with van der Waals surface area (Å²) in [4.78, 5) is 18.4. The summed E-state index contributed by atoms with van der Waals surface area (Å²) in [5.41, 5.74) is 1.54. The smallest absolute Gasteiger partial charge is 0.312 e. The number of carbonyl (C=O) groups excluding carboxylic acids is 1. The fourth-order valence-electron chi connectivity index (χ4n) is 2.10. The second-order valence-corrected chi connectivity index (χ2v) is 5.45. The van der Waals surface area contributed by atoms with Gasteiger partial charge in [0.05, 0.1) is 18.2 Å². The van der Waals surface area contributed by atoms with Gasteiger partial charge in [0.2, 0.25) is 0 Å². The Morgan fingerprint density at radius 3 is 2.63 bits per heavy atom. The van der Waals surface area contributed by atoms with E-state index in [0.717, 1.165) is 24.5 Å². The van der Waals surface area contributed by atoms with Crippen LogP contribution in [0.2, 0.25) is 0 Å². The first-order valence-electron chi connectivity index (χ1n) is 6.62. The van der Waals surface area contributed by atoms with E-state index in [1.807, 2.05) is 39.0 Å². The summed E-state index contributed by atoms with van der Waals surface area (Å²) in [6.45, 7) is 10.2. The van der Waals surface area contributed by atoms with Crippen molar-refractivity contribution >= 4 is 5.97 Å². The maximum atomic E-state index is 11.7. The third kappa shape index (κ3) is 4.63. The zero-order valence-electron chi connectivity index (χ0n) is 12.6. The van der Waals surface area contributed by atoms with E-state index in [1.165, 1.54) is 7.11 Å². The van der Waals surface area contributed by atoms with Crippen LogP contribution in [0.1, 0.15) is 32.2 Å². The van der Waals surface area contributed by atoms with E-state index < -0.39 is 5.41 Å². The summed E-state index contributed by atoms with van der Waals surface area (Å²) >= 11 is 0. The van der Waals surface area contributed by atoms with E-state index >= 15 is 0 Å². The number of pyridine rings is 1. The van der Waals surface area contributed by atoms with Gasteiger partial charge in [-0.25, -0.2) is 0 Å². The van der Waals surface area contributed by atoms with Gasteiger partial charge in [-0.15, -0.1) is 0 Å². The van der Waals surface area contributed by atoms with Gasteiger partial charge in [-0.1, -0.05) is 13.0 Å². The van der Waals surface area contributed by atoms with E-state index in [2.05, 4.69) is 16.8 Å². The minimum Gasteiger partial charge on any atom is -0.469 e. The number of nitrogens with zero attached hydrogens (tertiary/aromatic N) is 2. The minimum atomic E-state index is -0.505. The molecule has 0 amide bonds. The Hall–Kier alpha value is -1.42. The molecule has 0 bridgehead atoms. The molecule has 4 heteroatoms. The van der Waals surface area contributed by atoms with Crippen molar-refractivity contribution in [2.75, 3.05) is 20.2 Å². The Morgan fingerprint density at radius 2 is 2.11 bits per heavy atom. The second-order valence-electron chi connectivity index (χ2n) is 5.45. The third-order valence-electron chi connectivity index (χ3n) is 3.14. The number of methoxy groups -OCH3 is 1. The molecule has 0 fully saturated rings. The van der Waals surface area contributed by atoms with Crippen LogP contribution in [0, 0.1) is 12.3 Å². The molecule has 0 radical (unpaired) electrons. The molecular formula is C15H24N2O2. The summed E-state index contributed by atoms with van der Waals surface area (Å²) < 4.78 is 4.85. The summed E-state index contributed by atoms with van der Waals surface area (Å²) in [7, 11) is 1.43. The first kappa shape index (κ1) is 15.6. The van der Waals surface area contributed by atoms with Gasteiger partial charge in [-0.2, -0.15) is 0 Å². The van der Waals surface area contributed by atoms with Crippen LogP contribution in [0.15, 0.2) is 18.2 Å². The van der Waals surface area contributed by atoms with Crippen LogP contribution in [0.3, 0.4) is 0 Å². The number of esters is 1. The Morgan fingerprint density at radius 1 is 1.42 bits per heavy atom. The molecule has 19 heavy (non-hydrogen) atoms. The van der Waals surface area contributed by atoms with Crippen molar-refractivity contribution in [3.63, 3.8) is 0 Å². The van der Waals surface area contributed by atoms with E-state index in [4.69, 9.17) is 4.74 Å². The standard InChI is InChI=1S/C15H24N2O2/c1-6-17(11-15(3,4)14(18)19-5)10-13-9-7-8-12(2)16-13/h7-9H,6,10-11H2,1-5H3. The molecule has 1 rings (SSSR count). The van der Waals surface area contributed by atoms with Crippen molar-refractivity contribution in [2.24, 2.45) is 5.41 Å². The lowest BCUT2D eigenvalue weighted by molar-refractivity contribution is -0.151. The largest absolute Gasteiger partial charge is 0.469 e. The van der Waals surface area contributed by atoms with Gasteiger partial charge in [-0.05, 0) is 39.4 Å². The lowest BCUT2D eigenvalue weighted by Gasteiger charge is -2.29. The molecule has 1 heterocycles. The van der Waals surface area contributed by atoms with Crippen molar-refractivity contribution in [3.8, 4) is 0 Å². The SMILES string of the molecule is CCN(Cc1cccc(C)n1)CC(C)(C)C(=O)OC. The van der Waals surface area contributed by atoms with Crippen molar-refractivity contribution in [1.29, 1.82) is 0 Å². The molecule has 4 nitrogen and oxygen atoms in total. The zero-order chi connectivity index (χ0) is 14.5. The first-order chi connectivity index (χ1) is 8.89. The van der Waals surface area contributed by atoms with Gasteiger partial charge in [-0.3, -0.25) is 14.7 Å². The first-order valence-corrected chi connectivity index (χ1v) is 6.62. The molecule has 1 aromatic rings. The third-order valence-corrected chi connectivity index (χ3v) is 3.14. The number of aromatic nitrogens is 1. The van der Waals surface area contributed by atoms with Gasteiger partial charge in [0, 0.05) is 18.8 Å². The molecule has 0 aromatic carbocycles. The van der Waals surface area contributed by atoms with Gasteiger partial charge in [0.1, 0.15) is 0 Å². The highest BCUT2D eigenvalue weighted by molar-refractivity contribution is 5.76. The Bertz CT molecular complexity index is 430. The molecule has 1 aromatic heterocycles. The van der Waals surface area contributed by atoms with E-state index in [-0.39, 0.29) is 5.97 Å². The van der Waals surface area contributed by atoms with Crippen molar-refractivity contribution in [2.45, 2.75) is 34.2 Å². The van der Waals surface area contributed by atoms with Crippen LogP contribution in [0.4, 0.5) is 0 Å². The number of aryl methyl sites for hydroxylation is 1. The van der Waals surface area contributed by atoms with E-state index in [9.17, 15) is 4.79 Å². The summed E-state index contributed by atoms with van der Waals surface area (Å²) in [5.74, 6) is -0.178. The predicted octanol–water partition coefficient (Wildman–Crippen LogP) is 2.41. The minimum absolute atomic E-state index is 0.178. The quantitative estimate of drug-likeness (QED) is 0.740. The average molecular weight is 264 g/mol. The van der Waals surface area contributed by atoms with Gasteiger partial charge in [0.25, 0.3) is 0 Å². The number of rotatable bonds is 6. The fourth-order valence-corrected chi connectivity index (χ4v) is 2.10. The molecule has 0 unspecified atom stereocenters. The Balaban J connectivity index is 2.71. The molecule has 0 N–H and O–H groups in total. The average Bonchev–Trinajstić information content (AvgIpc) is 2.36. The second kappa shape index (κ2) is 6.66. The van der Waals surface area contributed by atoms with Crippen LogP contribution in [0.25, 0.3) is 0 Å². The van der Waals surface area contributed by atoms with Gasteiger partial charge < -0.3 is 4.74 Å². The lowest BCUT2D eigenvalue weighted by atomic mass is 9.93. The van der Waals surface area contributed by atoms with Gasteiger partial charge in [0.15, 0.2) is 0 Å². The lowest BCUT2D eigenvalue weighted by Crippen LogP contribution is -2.39. The van der Waals surface area contributed by atoms with E-state index in [1.54, 1.807) is 0 Å². The monoisotopic (exact) mass is 264 g/mol. The Kier molecular flexibility index (Phi) is 5.48. The molecule has 0 aliphatic rings. The summed E-state index contributed by atoms with van der Waals surface area (Å²) in [6, 6.07) is 6.01. The van der Waals surface area contributed by atoms with Crippen LogP contribution < -0.4 is 0 Å². The van der Waals surface area contributed by atoms with Crippen molar-refractivity contribution < 1.29 is 9.53 Å². The molecule has 0 atom stereocenters. The van der Waals surface area contributed by atoms with Crippen molar-refractivity contribution in [3.05, 3.63) is 29.6 Å². The van der Waals surface area contributed by atoms with E-state index in [0.29, 0.717) is 6.54 Å². The molecule has 0 aliphatic carbocycles. The van der Waals surface area contributed by atoms with Crippen LogP contribution in [0.5, 0.6) is 0 Å². The number of ether oxygens (including phenoxy) is 1. The highest BCUT2D eigenvalue weighted by Gasteiger charge is 2.30. The van der Waals surface area contributed by atoms with Crippen LogP contribution in [-0.2, 0) is 16.1 Å². The topological polar surface area (TPSA) is 42.4 Å². The zero-order valence-corrected chi connectivity index (χ0v) is 12.6. The maximum absolute atomic E-state index is 11.7. The van der Waals surface area contributed by atoms with Crippen LogP contribution in [-0.4, -0.2) is 36.1 Å². The fraction of sp³-hybridized carbons (Fsp3) is 0.600. The molecule has 0 spiro atoms. The normalized spacial score (nSPS) is 11.7. The van der Waals surface area contributed by atoms with Crippen LogP contribution >= 0.6 is 0 Å². The molecular weight excluding hydrogens is 240 g/mol. The summed E-state index contributed by atoms with van der Waals surface area (Å²) in [5, 5.41) is 0. The van der Waals surface area contributed by atoms with Crippen molar-refractivity contribution in [1.82, 2.24) is 9.88 Å². The molecule has 106 valence electrons. The predicted molar refractivity (Wildman–Crippen MR) is 75.7 cm³/mol. The molecule has 0 saturated carbocycles. The van der Waals surface area contributed by atoms with Gasteiger partial charge >= 0.3 is 5.97 Å². The number of carbonyl (C=O) groups is 1.